The summed E-state index contributed by atoms with van der Waals surface area (Å²) in [6, 6.07) is 0.748. The van der Waals surface area contributed by atoms with Gasteiger partial charge in [0.05, 0.1) is 6.04 Å². The first kappa shape index (κ1) is 12.4. The monoisotopic (exact) mass is 238 g/mol. The summed E-state index contributed by atoms with van der Waals surface area (Å²) in [7, 11) is 2.01. The minimum Gasteiger partial charge on any atom is -0.406 e. The topological polar surface area (TPSA) is 54.2 Å². The summed E-state index contributed by atoms with van der Waals surface area (Å²) >= 11 is 0. The summed E-state index contributed by atoms with van der Waals surface area (Å²) in [6.45, 7) is 8.29. The largest absolute Gasteiger partial charge is 0.406 e. The number of aromatic nitrogens is 2. The number of rotatable bonds is 6. The van der Waals surface area contributed by atoms with E-state index in [4.69, 9.17) is 4.42 Å². The lowest BCUT2D eigenvalue weighted by Crippen LogP contribution is -2.21. The van der Waals surface area contributed by atoms with E-state index in [0.29, 0.717) is 11.9 Å². The average molecular weight is 238 g/mol. The highest BCUT2D eigenvalue weighted by molar-refractivity contribution is 5.23. The zero-order valence-corrected chi connectivity index (χ0v) is 11.1. The van der Waals surface area contributed by atoms with Crippen molar-refractivity contribution in [2.24, 2.45) is 11.8 Å². The Balaban J connectivity index is 1.92. The smallest absolute Gasteiger partial charge is 0.317 e. The van der Waals surface area contributed by atoms with Crippen LogP contribution in [0, 0.1) is 11.8 Å². The van der Waals surface area contributed by atoms with Crippen LogP contribution >= 0.6 is 0 Å². The predicted octanol–water partition coefficient (Wildman–Crippen LogP) is 1.83. The maximum Gasteiger partial charge on any atom is 0.317 e. The lowest BCUT2D eigenvalue weighted by molar-refractivity contribution is 0.420. The van der Waals surface area contributed by atoms with Gasteiger partial charge in [-0.15, -0.1) is 5.10 Å². The molecule has 2 rings (SSSR count). The molecule has 1 heterocycles. The Bertz CT molecular complexity index is 365. The maximum absolute atomic E-state index is 5.66. The highest BCUT2D eigenvalue weighted by Gasteiger charge is 2.34. The van der Waals surface area contributed by atoms with E-state index in [-0.39, 0.29) is 6.04 Å². The van der Waals surface area contributed by atoms with Gasteiger partial charge < -0.3 is 14.6 Å². The molecule has 1 fully saturated rings. The van der Waals surface area contributed by atoms with Gasteiger partial charge in [0, 0.05) is 13.6 Å². The Hall–Kier alpha value is -1.10. The van der Waals surface area contributed by atoms with E-state index in [2.05, 4.69) is 34.3 Å². The van der Waals surface area contributed by atoms with Crippen molar-refractivity contribution in [3.63, 3.8) is 0 Å². The Morgan fingerprint density at radius 3 is 2.82 bits per heavy atom. The van der Waals surface area contributed by atoms with E-state index in [1.165, 1.54) is 6.42 Å². The third kappa shape index (κ3) is 2.97. The average Bonchev–Trinajstić information content (AvgIpc) is 2.83. The molecule has 5 heteroatoms. The highest BCUT2D eigenvalue weighted by Crippen LogP contribution is 2.38. The van der Waals surface area contributed by atoms with Gasteiger partial charge in [-0.25, -0.2) is 0 Å². The second-order valence-corrected chi connectivity index (χ2v) is 5.06. The summed E-state index contributed by atoms with van der Waals surface area (Å²) in [5, 5.41) is 11.4. The van der Waals surface area contributed by atoms with Gasteiger partial charge in [0.2, 0.25) is 5.89 Å². The molecule has 1 N–H and O–H groups in total. The SMILES string of the molecule is CCNC(C)c1nnc(N(C)CC2CC2C)o1. The van der Waals surface area contributed by atoms with Crippen molar-refractivity contribution < 1.29 is 4.42 Å². The van der Waals surface area contributed by atoms with Gasteiger partial charge in [-0.2, -0.15) is 0 Å². The molecule has 1 aromatic rings. The van der Waals surface area contributed by atoms with Gasteiger partial charge in [0.1, 0.15) is 0 Å². The molecule has 1 aliphatic carbocycles. The van der Waals surface area contributed by atoms with Crippen LogP contribution in [0.15, 0.2) is 4.42 Å². The van der Waals surface area contributed by atoms with Crippen LogP contribution < -0.4 is 10.2 Å². The number of anilines is 1. The molecule has 0 saturated heterocycles. The Morgan fingerprint density at radius 2 is 2.24 bits per heavy atom. The standard InChI is InChI=1S/C12H22N4O/c1-5-13-9(3)11-14-15-12(17-11)16(4)7-10-6-8(10)2/h8-10,13H,5-7H2,1-4H3. The summed E-state index contributed by atoms with van der Waals surface area (Å²) in [6.07, 6.45) is 1.32. The molecule has 0 radical (unpaired) electrons. The second-order valence-electron chi connectivity index (χ2n) is 5.06. The quantitative estimate of drug-likeness (QED) is 0.819. The molecular weight excluding hydrogens is 216 g/mol. The first-order valence-electron chi connectivity index (χ1n) is 6.39. The second kappa shape index (κ2) is 5.04. The number of nitrogens with one attached hydrogen (secondary N) is 1. The van der Waals surface area contributed by atoms with Crippen molar-refractivity contribution in [1.29, 1.82) is 0 Å². The summed E-state index contributed by atoms with van der Waals surface area (Å²) in [5.74, 6) is 2.31. The van der Waals surface area contributed by atoms with E-state index in [1.54, 1.807) is 0 Å². The number of nitrogens with zero attached hydrogens (tertiary/aromatic N) is 3. The fraction of sp³-hybridized carbons (Fsp3) is 0.833. The van der Waals surface area contributed by atoms with E-state index < -0.39 is 0 Å². The number of hydrogen-bond donors (Lipinski definition) is 1. The molecule has 3 atom stereocenters. The third-order valence-electron chi connectivity index (χ3n) is 3.42. The van der Waals surface area contributed by atoms with Crippen LogP contribution in [0.2, 0.25) is 0 Å². The summed E-state index contributed by atoms with van der Waals surface area (Å²) in [5.41, 5.74) is 0. The highest BCUT2D eigenvalue weighted by atomic mass is 16.4. The molecule has 0 aliphatic heterocycles. The van der Waals surface area contributed by atoms with Crippen molar-refractivity contribution >= 4 is 6.01 Å². The van der Waals surface area contributed by atoms with Crippen molar-refractivity contribution in [2.45, 2.75) is 33.2 Å². The molecule has 0 bridgehead atoms. The van der Waals surface area contributed by atoms with E-state index >= 15 is 0 Å². The minimum absolute atomic E-state index is 0.120. The lowest BCUT2D eigenvalue weighted by atomic mass is 10.3. The molecule has 96 valence electrons. The summed E-state index contributed by atoms with van der Waals surface area (Å²) < 4.78 is 5.66. The molecule has 3 unspecified atom stereocenters. The maximum atomic E-state index is 5.66. The Labute approximate surface area is 103 Å². The third-order valence-corrected chi connectivity index (χ3v) is 3.42. The van der Waals surface area contributed by atoms with Crippen molar-refractivity contribution in [2.75, 3.05) is 25.0 Å². The Kier molecular flexibility index (Phi) is 3.66. The van der Waals surface area contributed by atoms with Crippen LogP contribution in [0.25, 0.3) is 0 Å². The van der Waals surface area contributed by atoms with Crippen LogP contribution in [0.4, 0.5) is 6.01 Å². The van der Waals surface area contributed by atoms with Crippen LogP contribution in [0.3, 0.4) is 0 Å². The van der Waals surface area contributed by atoms with Crippen molar-refractivity contribution in [3.8, 4) is 0 Å². The Morgan fingerprint density at radius 1 is 1.53 bits per heavy atom. The number of hydrogen-bond acceptors (Lipinski definition) is 5. The summed E-state index contributed by atoms with van der Waals surface area (Å²) in [4.78, 5) is 2.06. The van der Waals surface area contributed by atoms with Crippen LogP contribution in [-0.4, -0.2) is 30.3 Å². The molecule has 17 heavy (non-hydrogen) atoms. The van der Waals surface area contributed by atoms with Gasteiger partial charge >= 0.3 is 6.01 Å². The van der Waals surface area contributed by atoms with Crippen LogP contribution in [0.5, 0.6) is 0 Å². The fourth-order valence-corrected chi connectivity index (χ4v) is 2.03. The van der Waals surface area contributed by atoms with Crippen molar-refractivity contribution in [3.05, 3.63) is 5.89 Å². The molecule has 0 amide bonds. The van der Waals surface area contributed by atoms with Gasteiger partial charge in [-0.3, -0.25) is 0 Å². The van der Waals surface area contributed by atoms with Gasteiger partial charge in [0.25, 0.3) is 0 Å². The van der Waals surface area contributed by atoms with E-state index in [9.17, 15) is 0 Å². The van der Waals surface area contributed by atoms with Crippen LogP contribution in [-0.2, 0) is 0 Å². The first-order valence-corrected chi connectivity index (χ1v) is 6.39. The van der Waals surface area contributed by atoms with Crippen molar-refractivity contribution in [1.82, 2.24) is 15.5 Å². The normalized spacial score (nSPS) is 24.7. The molecule has 1 aromatic heterocycles. The molecular formula is C12H22N4O. The van der Waals surface area contributed by atoms with Crippen LogP contribution in [0.1, 0.15) is 39.1 Å². The van der Waals surface area contributed by atoms with Gasteiger partial charge in [-0.05, 0) is 31.7 Å². The zero-order valence-electron chi connectivity index (χ0n) is 11.1. The van der Waals surface area contributed by atoms with Gasteiger partial charge in [0.15, 0.2) is 0 Å². The van der Waals surface area contributed by atoms with Gasteiger partial charge in [-0.1, -0.05) is 18.9 Å². The molecule has 1 aliphatic rings. The molecule has 0 spiro atoms. The van der Waals surface area contributed by atoms with E-state index in [0.717, 1.165) is 24.9 Å². The predicted molar refractivity (Wildman–Crippen MR) is 66.9 cm³/mol. The molecule has 0 aromatic carbocycles. The van der Waals surface area contributed by atoms with E-state index in [1.807, 2.05) is 14.0 Å². The minimum atomic E-state index is 0.120. The molecule has 1 saturated carbocycles. The first-order chi connectivity index (χ1) is 8.11. The molecule has 5 nitrogen and oxygen atoms in total. The fourth-order valence-electron chi connectivity index (χ4n) is 2.03. The lowest BCUT2D eigenvalue weighted by Gasteiger charge is -2.13. The zero-order chi connectivity index (χ0) is 12.4.